The van der Waals surface area contributed by atoms with Crippen molar-refractivity contribution in [1.29, 1.82) is 0 Å². The normalized spacial score (nSPS) is 10.3. The van der Waals surface area contributed by atoms with E-state index in [4.69, 9.17) is 4.74 Å². The molecule has 28 heavy (non-hydrogen) atoms. The molecular weight excluding hydrogens is 424 g/mol. The third-order valence-corrected chi connectivity index (χ3v) is 4.34. The lowest BCUT2D eigenvalue weighted by Gasteiger charge is -2.08. The maximum Gasteiger partial charge on any atom is 0.269 e. The summed E-state index contributed by atoms with van der Waals surface area (Å²) < 4.78 is 6.32. The predicted molar refractivity (Wildman–Crippen MR) is 109 cm³/mol. The molecule has 0 aliphatic rings. The molecule has 3 N–H and O–H groups in total. The molecule has 0 radical (unpaired) electrons. The van der Waals surface area contributed by atoms with Crippen LogP contribution in [0.3, 0.4) is 0 Å². The summed E-state index contributed by atoms with van der Waals surface area (Å²) in [5, 5.41) is 12.3. The largest absolute Gasteiger partial charge is 0.484 e. The van der Waals surface area contributed by atoms with Crippen LogP contribution in [0, 0.1) is 0 Å². The van der Waals surface area contributed by atoms with Crippen molar-refractivity contribution in [3.05, 3.63) is 70.8 Å². The lowest BCUT2D eigenvalue weighted by Crippen LogP contribution is -2.36. The standard InChI is InChI=1S/C20H19BrN4O3/c21-15-8-6-14(7-9-15)17-12-18(25-24-17)20(27)23-11-10-22-19(26)13-28-16-4-2-1-3-5-16/h1-9,12H,10-11,13H2,(H,22,26)(H,23,27)(H,24,25). The van der Waals surface area contributed by atoms with Gasteiger partial charge >= 0.3 is 0 Å². The molecule has 2 aromatic carbocycles. The Balaban J connectivity index is 1.38. The van der Waals surface area contributed by atoms with Gasteiger partial charge in [-0.3, -0.25) is 14.7 Å². The first kappa shape index (κ1) is 19.6. The topological polar surface area (TPSA) is 96.1 Å². The van der Waals surface area contributed by atoms with Gasteiger partial charge in [0.2, 0.25) is 0 Å². The van der Waals surface area contributed by atoms with Crippen LogP contribution in [0.25, 0.3) is 11.3 Å². The molecule has 144 valence electrons. The van der Waals surface area contributed by atoms with Gasteiger partial charge in [0, 0.05) is 23.1 Å². The highest BCUT2D eigenvalue weighted by molar-refractivity contribution is 9.10. The Hall–Kier alpha value is -3.13. The molecule has 3 rings (SSSR count). The molecule has 1 heterocycles. The van der Waals surface area contributed by atoms with Crippen LogP contribution in [0.15, 0.2) is 65.1 Å². The molecule has 0 aliphatic carbocycles. The maximum absolute atomic E-state index is 12.2. The van der Waals surface area contributed by atoms with E-state index in [2.05, 4.69) is 36.8 Å². The van der Waals surface area contributed by atoms with Crippen LogP contribution in [-0.2, 0) is 4.79 Å². The van der Waals surface area contributed by atoms with Gasteiger partial charge in [-0.05, 0) is 30.3 Å². The SMILES string of the molecule is O=C(COc1ccccc1)NCCNC(=O)c1cc(-c2ccc(Br)cc2)n[nH]1. The van der Waals surface area contributed by atoms with Crippen molar-refractivity contribution in [3.8, 4) is 17.0 Å². The molecule has 0 saturated carbocycles. The summed E-state index contributed by atoms with van der Waals surface area (Å²) in [5.74, 6) is 0.0922. The minimum absolute atomic E-state index is 0.0743. The van der Waals surface area contributed by atoms with Gasteiger partial charge in [0.25, 0.3) is 11.8 Å². The highest BCUT2D eigenvalue weighted by Crippen LogP contribution is 2.20. The molecule has 0 spiro atoms. The van der Waals surface area contributed by atoms with Crippen molar-refractivity contribution in [2.45, 2.75) is 0 Å². The number of carbonyl (C=O) groups excluding carboxylic acids is 2. The number of aromatic nitrogens is 2. The number of hydrogen-bond acceptors (Lipinski definition) is 4. The number of rotatable bonds is 8. The van der Waals surface area contributed by atoms with E-state index in [1.807, 2.05) is 42.5 Å². The van der Waals surface area contributed by atoms with Crippen molar-refractivity contribution in [3.63, 3.8) is 0 Å². The summed E-state index contributed by atoms with van der Waals surface area (Å²) in [5.41, 5.74) is 1.95. The van der Waals surface area contributed by atoms with Crippen molar-refractivity contribution >= 4 is 27.7 Å². The van der Waals surface area contributed by atoms with Crippen LogP contribution in [0.1, 0.15) is 10.5 Å². The zero-order chi connectivity index (χ0) is 19.8. The number of benzene rings is 2. The molecule has 0 bridgehead atoms. The van der Waals surface area contributed by atoms with Gasteiger partial charge in [-0.25, -0.2) is 0 Å². The van der Waals surface area contributed by atoms with Gasteiger partial charge in [-0.15, -0.1) is 0 Å². The number of H-pyrrole nitrogens is 1. The van der Waals surface area contributed by atoms with Gasteiger partial charge < -0.3 is 15.4 Å². The summed E-state index contributed by atoms with van der Waals surface area (Å²) in [7, 11) is 0. The molecule has 2 amide bonds. The second kappa shape index (κ2) is 9.70. The van der Waals surface area contributed by atoms with E-state index in [0.717, 1.165) is 10.0 Å². The molecular formula is C20H19BrN4O3. The minimum atomic E-state index is -0.286. The van der Waals surface area contributed by atoms with E-state index >= 15 is 0 Å². The monoisotopic (exact) mass is 442 g/mol. The van der Waals surface area contributed by atoms with Crippen LogP contribution >= 0.6 is 15.9 Å². The Morgan fingerprint density at radius 1 is 1.00 bits per heavy atom. The number of nitrogens with one attached hydrogen (secondary N) is 3. The van der Waals surface area contributed by atoms with Gasteiger partial charge in [-0.1, -0.05) is 46.3 Å². The van der Waals surface area contributed by atoms with E-state index in [1.54, 1.807) is 18.2 Å². The van der Waals surface area contributed by atoms with Crippen LogP contribution in [0.5, 0.6) is 5.75 Å². The smallest absolute Gasteiger partial charge is 0.269 e. The summed E-state index contributed by atoms with van der Waals surface area (Å²) in [4.78, 5) is 23.9. The van der Waals surface area contributed by atoms with Gasteiger partial charge in [0.15, 0.2) is 6.61 Å². The average Bonchev–Trinajstić information content (AvgIpc) is 3.21. The van der Waals surface area contributed by atoms with Crippen molar-refractivity contribution < 1.29 is 14.3 Å². The molecule has 8 heteroatoms. The lowest BCUT2D eigenvalue weighted by molar-refractivity contribution is -0.123. The third-order valence-electron chi connectivity index (χ3n) is 3.81. The van der Waals surface area contributed by atoms with E-state index in [9.17, 15) is 9.59 Å². The van der Waals surface area contributed by atoms with E-state index in [0.29, 0.717) is 30.2 Å². The van der Waals surface area contributed by atoms with Crippen LogP contribution in [-0.4, -0.2) is 41.7 Å². The number of amides is 2. The first-order valence-corrected chi connectivity index (χ1v) is 9.45. The van der Waals surface area contributed by atoms with Crippen LogP contribution < -0.4 is 15.4 Å². The minimum Gasteiger partial charge on any atom is -0.484 e. The molecule has 0 atom stereocenters. The molecule has 1 aromatic heterocycles. The van der Waals surface area contributed by atoms with Crippen molar-refractivity contribution in [1.82, 2.24) is 20.8 Å². The summed E-state index contributed by atoms with van der Waals surface area (Å²) >= 11 is 3.38. The Kier molecular flexibility index (Phi) is 6.80. The Bertz CT molecular complexity index is 926. The zero-order valence-electron chi connectivity index (χ0n) is 14.9. The Morgan fingerprint density at radius 2 is 1.71 bits per heavy atom. The molecule has 3 aromatic rings. The Morgan fingerprint density at radius 3 is 2.46 bits per heavy atom. The van der Waals surface area contributed by atoms with E-state index < -0.39 is 0 Å². The van der Waals surface area contributed by atoms with Gasteiger partial charge in [-0.2, -0.15) is 5.10 Å². The van der Waals surface area contributed by atoms with Crippen molar-refractivity contribution in [2.75, 3.05) is 19.7 Å². The van der Waals surface area contributed by atoms with Crippen LogP contribution in [0.4, 0.5) is 0 Å². The number of ether oxygens (including phenoxy) is 1. The molecule has 0 aliphatic heterocycles. The maximum atomic E-state index is 12.2. The quantitative estimate of drug-likeness (QED) is 0.467. The second-order valence-electron chi connectivity index (χ2n) is 5.88. The average molecular weight is 443 g/mol. The number of nitrogens with zero attached hydrogens (tertiary/aromatic N) is 1. The summed E-state index contributed by atoms with van der Waals surface area (Å²) in [6.45, 7) is 0.522. The summed E-state index contributed by atoms with van der Waals surface area (Å²) in [6.07, 6.45) is 0. The van der Waals surface area contributed by atoms with E-state index in [-0.39, 0.29) is 18.4 Å². The van der Waals surface area contributed by atoms with Gasteiger partial charge in [0.05, 0.1) is 5.69 Å². The number of halogens is 1. The molecule has 0 saturated heterocycles. The molecule has 7 nitrogen and oxygen atoms in total. The van der Waals surface area contributed by atoms with Gasteiger partial charge in [0.1, 0.15) is 11.4 Å². The highest BCUT2D eigenvalue weighted by Gasteiger charge is 2.11. The molecule has 0 fully saturated rings. The first-order valence-electron chi connectivity index (χ1n) is 8.66. The zero-order valence-corrected chi connectivity index (χ0v) is 16.5. The number of para-hydroxylation sites is 1. The van der Waals surface area contributed by atoms with Crippen molar-refractivity contribution in [2.24, 2.45) is 0 Å². The Labute approximate surface area is 170 Å². The number of carbonyl (C=O) groups is 2. The number of hydrogen-bond donors (Lipinski definition) is 3. The fraction of sp³-hybridized carbons (Fsp3) is 0.150. The fourth-order valence-electron chi connectivity index (χ4n) is 2.40. The molecule has 0 unspecified atom stereocenters. The number of aromatic amines is 1. The highest BCUT2D eigenvalue weighted by atomic mass is 79.9. The lowest BCUT2D eigenvalue weighted by atomic mass is 10.1. The van der Waals surface area contributed by atoms with E-state index in [1.165, 1.54) is 0 Å². The first-order chi connectivity index (χ1) is 13.6. The third kappa shape index (κ3) is 5.68. The second-order valence-corrected chi connectivity index (χ2v) is 6.80. The predicted octanol–water partition coefficient (Wildman–Crippen LogP) is 2.76. The van der Waals surface area contributed by atoms with Crippen LogP contribution in [0.2, 0.25) is 0 Å². The summed E-state index contributed by atoms with van der Waals surface area (Å²) in [6, 6.07) is 18.4. The fourth-order valence-corrected chi connectivity index (χ4v) is 2.66.